The molecule has 1 saturated carbocycles. The maximum absolute atomic E-state index is 5.79. The molecular weight excluding hydrogens is 172 g/mol. The fraction of sp³-hybridized carbons (Fsp3) is 1.00. The number of likely N-dealkylation sites (N-methyl/N-ethyl adjacent to an activating group) is 1. The van der Waals surface area contributed by atoms with Crippen molar-refractivity contribution in [2.24, 2.45) is 11.7 Å². The molecule has 0 heterocycles. The molecular formula is C12H26N2. The Morgan fingerprint density at radius 1 is 1.14 bits per heavy atom. The smallest absolute Gasteiger partial charge is 0.0214 e. The van der Waals surface area contributed by atoms with Crippen molar-refractivity contribution >= 4 is 0 Å². The minimum atomic E-state index is 0.595. The molecule has 0 radical (unpaired) electrons. The van der Waals surface area contributed by atoms with E-state index in [9.17, 15) is 0 Å². The Hall–Kier alpha value is -0.0800. The Bertz CT molecular complexity index is 137. The zero-order valence-electron chi connectivity index (χ0n) is 9.84. The molecule has 1 aliphatic rings. The highest BCUT2D eigenvalue weighted by molar-refractivity contribution is 4.74. The average molecular weight is 198 g/mol. The first-order chi connectivity index (χ1) is 6.74. The van der Waals surface area contributed by atoms with E-state index in [1.807, 2.05) is 0 Å². The van der Waals surface area contributed by atoms with Crippen LogP contribution in [0.5, 0.6) is 0 Å². The number of rotatable bonds is 4. The summed E-state index contributed by atoms with van der Waals surface area (Å²) in [5.41, 5.74) is 5.79. The van der Waals surface area contributed by atoms with Crippen LogP contribution in [0.2, 0.25) is 0 Å². The Balaban J connectivity index is 2.32. The third-order valence-corrected chi connectivity index (χ3v) is 3.58. The lowest BCUT2D eigenvalue weighted by atomic mass is 9.92. The molecule has 1 rings (SSSR count). The number of nitrogens with zero attached hydrogens (tertiary/aromatic N) is 1. The monoisotopic (exact) mass is 198 g/mol. The summed E-state index contributed by atoms with van der Waals surface area (Å²) >= 11 is 0. The van der Waals surface area contributed by atoms with Gasteiger partial charge in [-0.05, 0) is 26.4 Å². The van der Waals surface area contributed by atoms with Crippen molar-refractivity contribution in [2.45, 2.75) is 51.0 Å². The molecule has 0 bridgehead atoms. The first-order valence-corrected chi connectivity index (χ1v) is 6.10. The molecule has 2 heteroatoms. The molecule has 1 atom stereocenters. The molecule has 84 valence electrons. The second-order valence-corrected chi connectivity index (χ2v) is 4.95. The molecule has 0 aromatic rings. The Kier molecular flexibility index (Phi) is 5.49. The van der Waals surface area contributed by atoms with Crippen molar-refractivity contribution in [3.8, 4) is 0 Å². The van der Waals surface area contributed by atoms with Gasteiger partial charge in [0.05, 0.1) is 0 Å². The van der Waals surface area contributed by atoms with Crippen molar-refractivity contribution in [3.63, 3.8) is 0 Å². The van der Waals surface area contributed by atoms with Crippen molar-refractivity contribution < 1.29 is 0 Å². The Labute approximate surface area is 88.8 Å². The van der Waals surface area contributed by atoms with Crippen LogP contribution in [0.4, 0.5) is 0 Å². The highest BCUT2D eigenvalue weighted by Crippen LogP contribution is 2.26. The van der Waals surface area contributed by atoms with Gasteiger partial charge in [0.2, 0.25) is 0 Å². The maximum Gasteiger partial charge on any atom is 0.0214 e. The van der Waals surface area contributed by atoms with E-state index >= 15 is 0 Å². The van der Waals surface area contributed by atoms with Gasteiger partial charge in [0.25, 0.3) is 0 Å². The van der Waals surface area contributed by atoms with Gasteiger partial charge in [0.15, 0.2) is 0 Å². The van der Waals surface area contributed by atoms with E-state index in [2.05, 4.69) is 19.0 Å². The van der Waals surface area contributed by atoms with Gasteiger partial charge in [-0.15, -0.1) is 0 Å². The third-order valence-electron chi connectivity index (χ3n) is 3.58. The summed E-state index contributed by atoms with van der Waals surface area (Å²) in [6, 6.07) is 0.595. The topological polar surface area (TPSA) is 29.3 Å². The Morgan fingerprint density at radius 3 is 2.14 bits per heavy atom. The summed E-state index contributed by atoms with van der Waals surface area (Å²) in [7, 11) is 4.29. The highest BCUT2D eigenvalue weighted by Gasteiger charge is 2.18. The first-order valence-electron chi connectivity index (χ1n) is 6.10. The lowest BCUT2D eigenvalue weighted by Gasteiger charge is -2.26. The molecule has 1 aliphatic carbocycles. The van der Waals surface area contributed by atoms with Crippen LogP contribution in [0.25, 0.3) is 0 Å². The van der Waals surface area contributed by atoms with Crippen LogP contribution in [-0.4, -0.2) is 31.6 Å². The zero-order chi connectivity index (χ0) is 10.4. The minimum absolute atomic E-state index is 0.595. The molecule has 0 amide bonds. The molecule has 2 nitrogen and oxygen atoms in total. The SMILES string of the molecule is CN(C)C(CN)CC1CCCCCC1. The molecule has 0 aromatic heterocycles. The van der Waals surface area contributed by atoms with Gasteiger partial charge in [0.1, 0.15) is 0 Å². The van der Waals surface area contributed by atoms with Crippen LogP contribution in [0.3, 0.4) is 0 Å². The molecule has 2 N–H and O–H groups in total. The van der Waals surface area contributed by atoms with Gasteiger partial charge in [-0.3, -0.25) is 0 Å². The summed E-state index contributed by atoms with van der Waals surface area (Å²) in [6.45, 7) is 0.809. The number of hydrogen-bond donors (Lipinski definition) is 1. The van der Waals surface area contributed by atoms with Crippen LogP contribution in [-0.2, 0) is 0 Å². The van der Waals surface area contributed by atoms with E-state index < -0.39 is 0 Å². The molecule has 0 aliphatic heterocycles. The number of nitrogens with two attached hydrogens (primary N) is 1. The largest absolute Gasteiger partial charge is 0.329 e. The summed E-state index contributed by atoms with van der Waals surface area (Å²) in [5, 5.41) is 0. The minimum Gasteiger partial charge on any atom is -0.329 e. The van der Waals surface area contributed by atoms with Crippen LogP contribution >= 0.6 is 0 Å². The Morgan fingerprint density at radius 2 is 1.71 bits per heavy atom. The molecule has 14 heavy (non-hydrogen) atoms. The fourth-order valence-corrected chi connectivity index (χ4v) is 2.50. The second kappa shape index (κ2) is 6.41. The van der Waals surface area contributed by atoms with E-state index in [0.29, 0.717) is 6.04 Å². The van der Waals surface area contributed by atoms with E-state index in [1.54, 1.807) is 0 Å². The van der Waals surface area contributed by atoms with Crippen molar-refractivity contribution in [1.82, 2.24) is 4.90 Å². The fourth-order valence-electron chi connectivity index (χ4n) is 2.50. The van der Waals surface area contributed by atoms with E-state index in [1.165, 1.54) is 44.9 Å². The van der Waals surface area contributed by atoms with E-state index in [4.69, 9.17) is 5.73 Å². The average Bonchev–Trinajstić information content (AvgIpc) is 2.41. The highest BCUT2D eigenvalue weighted by atomic mass is 15.1. The predicted octanol–water partition coefficient (Wildman–Crippen LogP) is 2.24. The maximum atomic E-state index is 5.79. The van der Waals surface area contributed by atoms with Crippen molar-refractivity contribution in [2.75, 3.05) is 20.6 Å². The summed E-state index contributed by atoms with van der Waals surface area (Å²) < 4.78 is 0. The van der Waals surface area contributed by atoms with Gasteiger partial charge in [-0.1, -0.05) is 38.5 Å². The summed E-state index contributed by atoms with van der Waals surface area (Å²) in [5.74, 6) is 0.938. The standard InChI is InChI=1S/C12H26N2/c1-14(2)12(10-13)9-11-7-5-3-4-6-8-11/h11-12H,3-10,13H2,1-2H3. The van der Waals surface area contributed by atoms with Crippen LogP contribution in [0, 0.1) is 5.92 Å². The number of hydrogen-bond acceptors (Lipinski definition) is 2. The molecule has 0 aromatic carbocycles. The molecule has 1 unspecified atom stereocenters. The summed E-state index contributed by atoms with van der Waals surface area (Å²) in [6.07, 6.45) is 9.96. The quantitative estimate of drug-likeness (QED) is 0.702. The van der Waals surface area contributed by atoms with Crippen molar-refractivity contribution in [3.05, 3.63) is 0 Å². The molecule has 0 spiro atoms. The van der Waals surface area contributed by atoms with Crippen LogP contribution in [0.15, 0.2) is 0 Å². The second-order valence-electron chi connectivity index (χ2n) is 4.95. The predicted molar refractivity (Wildman–Crippen MR) is 62.3 cm³/mol. The normalized spacial score (nSPS) is 22.3. The van der Waals surface area contributed by atoms with Gasteiger partial charge in [-0.2, -0.15) is 0 Å². The van der Waals surface area contributed by atoms with E-state index in [-0.39, 0.29) is 0 Å². The first kappa shape index (κ1) is 12.0. The van der Waals surface area contributed by atoms with E-state index in [0.717, 1.165) is 12.5 Å². The zero-order valence-corrected chi connectivity index (χ0v) is 9.84. The van der Waals surface area contributed by atoms with Crippen molar-refractivity contribution in [1.29, 1.82) is 0 Å². The van der Waals surface area contributed by atoms with Gasteiger partial charge >= 0.3 is 0 Å². The van der Waals surface area contributed by atoms with Crippen LogP contribution < -0.4 is 5.73 Å². The van der Waals surface area contributed by atoms with Gasteiger partial charge < -0.3 is 10.6 Å². The third kappa shape index (κ3) is 3.97. The lowest BCUT2D eigenvalue weighted by molar-refractivity contribution is 0.239. The molecule has 1 fully saturated rings. The summed E-state index contributed by atoms with van der Waals surface area (Å²) in [4.78, 5) is 2.28. The van der Waals surface area contributed by atoms with Crippen LogP contribution in [0.1, 0.15) is 44.9 Å². The lowest BCUT2D eigenvalue weighted by Crippen LogP contribution is -2.36. The van der Waals surface area contributed by atoms with Gasteiger partial charge in [-0.25, -0.2) is 0 Å². The van der Waals surface area contributed by atoms with Gasteiger partial charge in [0, 0.05) is 12.6 Å². The molecule has 0 saturated heterocycles.